The number of anilines is 1. The number of benzene rings is 2. The number of rotatable bonds is 8. The van der Waals surface area contributed by atoms with Gasteiger partial charge in [0.05, 0.1) is 12.2 Å². The van der Waals surface area contributed by atoms with Gasteiger partial charge >= 0.3 is 12.1 Å². The lowest BCUT2D eigenvalue weighted by molar-refractivity contribution is -0.150. The Morgan fingerprint density at radius 3 is 2.11 bits per heavy atom. The summed E-state index contributed by atoms with van der Waals surface area (Å²) < 4.78 is 10.5. The third kappa shape index (κ3) is 6.26. The number of carbonyl (C=O) groups excluding carboxylic acids is 4. The van der Waals surface area contributed by atoms with Gasteiger partial charge in [0, 0.05) is 28.9 Å². The SMILES string of the molecule is CC(C)(C)OC(=O)NC(C)(C)C(=O)OCCCCNc1cccc2c1C(=O)c1ccccc1C2=O. The second-order valence-electron chi connectivity index (χ2n) is 9.95. The van der Waals surface area contributed by atoms with Gasteiger partial charge in [-0.3, -0.25) is 9.59 Å². The lowest BCUT2D eigenvalue weighted by atomic mass is 9.83. The molecule has 0 spiro atoms. The van der Waals surface area contributed by atoms with E-state index < -0.39 is 23.2 Å². The van der Waals surface area contributed by atoms with Crippen molar-refractivity contribution in [3.8, 4) is 0 Å². The second-order valence-corrected chi connectivity index (χ2v) is 9.95. The highest BCUT2D eigenvalue weighted by molar-refractivity contribution is 6.30. The summed E-state index contributed by atoms with van der Waals surface area (Å²) in [5.41, 5.74) is 0.324. The van der Waals surface area contributed by atoms with E-state index in [0.29, 0.717) is 47.3 Å². The van der Waals surface area contributed by atoms with Gasteiger partial charge in [0.15, 0.2) is 11.6 Å². The zero-order valence-electron chi connectivity index (χ0n) is 20.8. The Balaban J connectivity index is 1.49. The first kappa shape index (κ1) is 25.9. The van der Waals surface area contributed by atoms with E-state index in [2.05, 4.69) is 10.6 Å². The molecule has 1 amide bonds. The Morgan fingerprint density at radius 2 is 1.46 bits per heavy atom. The summed E-state index contributed by atoms with van der Waals surface area (Å²) in [4.78, 5) is 50.2. The smallest absolute Gasteiger partial charge is 0.408 e. The number of ketones is 2. The van der Waals surface area contributed by atoms with Crippen LogP contribution in [0.1, 0.15) is 79.3 Å². The summed E-state index contributed by atoms with van der Waals surface area (Å²) in [5, 5.41) is 5.76. The highest BCUT2D eigenvalue weighted by Crippen LogP contribution is 2.31. The summed E-state index contributed by atoms with van der Waals surface area (Å²) >= 11 is 0. The standard InChI is InChI=1S/C27H32N2O6/c1-26(2,3)35-25(33)29-27(4,5)24(32)34-16-9-8-15-28-20-14-10-13-19-21(20)23(31)18-12-7-6-11-17(18)22(19)30/h6-7,10-14,28H,8-9,15-16H2,1-5H3,(H,29,33). The van der Waals surface area contributed by atoms with Crippen molar-refractivity contribution in [1.29, 1.82) is 0 Å². The van der Waals surface area contributed by atoms with Crippen LogP contribution < -0.4 is 10.6 Å². The predicted molar refractivity (Wildman–Crippen MR) is 132 cm³/mol. The predicted octanol–water partition coefficient (Wildman–Crippen LogP) is 4.50. The van der Waals surface area contributed by atoms with Crippen LogP contribution in [0.25, 0.3) is 0 Å². The Morgan fingerprint density at radius 1 is 0.829 bits per heavy atom. The number of hydrogen-bond acceptors (Lipinski definition) is 7. The molecule has 2 N–H and O–H groups in total. The molecule has 1 aliphatic carbocycles. The molecule has 2 aromatic carbocycles. The highest BCUT2D eigenvalue weighted by Gasteiger charge is 2.33. The molecular formula is C27H32N2O6. The van der Waals surface area contributed by atoms with Crippen LogP contribution in [-0.4, -0.2) is 47.9 Å². The fourth-order valence-electron chi connectivity index (χ4n) is 3.70. The number of ether oxygens (including phenoxy) is 2. The first-order valence-electron chi connectivity index (χ1n) is 11.6. The minimum Gasteiger partial charge on any atom is -0.464 e. The van der Waals surface area contributed by atoms with E-state index in [1.54, 1.807) is 77.1 Å². The van der Waals surface area contributed by atoms with Crippen molar-refractivity contribution in [2.75, 3.05) is 18.5 Å². The summed E-state index contributed by atoms with van der Waals surface area (Å²) in [6.07, 6.45) is 0.548. The van der Waals surface area contributed by atoms with Gasteiger partial charge in [-0.25, -0.2) is 9.59 Å². The molecule has 0 heterocycles. The number of nitrogens with one attached hydrogen (secondary N) is 2. The van der Waals surface area contributed by atoms with Gasteiger partial charge in [-0.1, -0.05) is 36.4 Å². The Kier molecular flexibility index (Phi) is 7.63. The van der Waals surface area contributed by atoms with Crippen LogP contribution in [0.4, 0.5) is 10.5 Å². The third-order valence-corrected chi connectivity index (χ3v) is 5.40. The van der Waals surface area contributed by atoms with Crippen LogP contribution in [0.3, 0.4) is 0 Å². The molecule has 1 aliphatic rings. The van der Waals surface area contributed by atoms with Crippen molar-refractivity contribution in [2.45, 2.75) is 58.6 Å². The maximum atomic E-state index is 13.0. The average molecular weight is 481 g/mol. The van der Waals surface area contributed by atoms with Crippen molar-refractivity contribution in [3.05, 3.63) is 64.7 Å². The first-order valence-corrected chi connectivity index (χ1v) is 11.6. The van der Waals surface area contributed by atoms with Gasteiger partial charge in [0.25, 0.3) is 0 Å². The second kappa shape index (κ2) is 10.3. The largest absolute Gasteiger partial charge is 0.464 e. The molecule has 0 aliphatic heterocycles. The molecule has 0 aromatic heterocycles. The van der Waals surface area contributed by atoms with Crippen LogP contribution in [0.5, 0.6) is 0 Å². The number of amides is 1. The quantitative estimate of drug-likeness (QED) is 0.361. The Hall–Kier alpha value is -3.68. The van der Waals surface area contributed by atoms with Crippen molar-refractivity contribution in [2.24, 2.45) is 0 Å². The van der Waals surface area contributed by atoms with Gasteiger partial charge in [0.2, 0.25) is 0 Å². The normalized spacial score (nSPS) is 12.9. The molecule has 0 atom stereocenters. The molecule has 3 rings (SSSR count). The summed E-state index contributed by atoms with van der Waals surface area (Å²) in [5.74, 6) is -0.892. The van der Waals surface area contributed by atoms with E-state index in [4.69, 9.17) is 9.47 Å². The van der Waals surface area contributed by atoms with Gasteiger partial charge in [-0.2, -0.15) is 0 Å². The van der Waals surface area contributed by atoms with Gasteiger partial charge < -0.3 is 20.1 Å². The van der Waals surface area contributed by atoms with E-state index in [1.807, 2.05) is 0 Å². The molecule has 0 fully saturated rings. The molecule has 8 heteroatoms. The van der Waals surface area contributed by atoms with Crippen LogP contribution in [0, 0.1) is 0 Å². The van der Waals surface area contributed by atoms with E-state index in [9.17, 15) is 19.2 Å². The number of carbonyl (C=O) groups is 4. The lowest BCUT2D eigenvalue weighted by Gasteiger charge is -2.27. The average Bonchev–Trinajstić information content (AvgIpc) is 2.77. The zero-order valence-corrected chi connectivity index (χ0v) is 20.8. The number of esters is 1. The molecule has 2 aromatic rings. The van der Waals surface area contributed by atoms with E-state index in [-0.39, 0.29) is 18.2 Å². The van der Waals surface area contributed by atoms with Crippen LogP contribution in [-0.2, 0) is 14.3 Å². The van der Waals surface area contributed by atoms with Crippen LogP contribution >= 0.6 is 0 Å². The molecular weight excluding hydrogens is 448 g/mol. The van der Waals surface area contributed by atoms with Gasteiger partial charge in [-0.05, 0) is 53.5 Å². The van der Waals surface area contributed by atoms with Crippen LogP contribution in [0.2, 0.25) is 0 Å². The molecule has 35 heavy (non-hydrogen) atoms. The van der Waals surface area contributed by atoms with Crippen molar-refractivity contribution in [1.82, 2.24) is 5.32 Å². The third-order valence-electron chi connectivity index (χ3n) is 5.40. The van der Waals surface area contributed by atoms with E-state index in [1.165, 1.54) is 0 Å². The van der Waals surface area contributed by atoms with Gasteiger partial charge in [0.1, 0.15) is 11.1 Å². The molecule has 0 unspecified atom stereocenters. The minimum absolute atomic E-state index is 0.159. The first-order chi connectivity index (χ1) is 16.4. The molecule has 0 saturated heterocycles. The lowest BCUT2D eigenvalue weighted by Crippen LogP contribution is -2.52. The molecule has 8 nitrogen and oxygen atoms in total. The fourth-order valence-corrected chi connectivity index (χ4v) is 3.70. The topological polar surface area (TPSA) is 111 Å². The molecule has 0 bridgehead atoms. The minimum atomic E-state index is -1.23. The Labute approximate surface area is 205 Å². The number of hydrogen-bond donors (Lipinski definition) is 2. The summed E-state index contributed by atoms with van der Waals surface area (Å²) in [6.45, 7) is 9.03. The molecule has 0 radical (unpaired) electrons. The number of unbranched alkanes of at least 4 members (excludes halogenated alkanes) is 1. The van der Waals surface area contributed by atoms with Crippen LogP contribution in [0.15, 0.2) is 42.5 Å². The number of alkyl carbamates (subject to hydrolysis) is 1. The van der Waals surface area contributed by atoms with E-state index >= 15 is 0 Å². The van der Waals surface area contributed by atoms with Crippen molar-refractivity contribution in [3.63, 3.8) is 0 Å². The van der Waals surface area contributed by atoms with Crippen molar-refractivity contribution < 1.29 is 28.7 Å². The monoisotopic (exact) mass is 480 g/mol. The zero-order chi connectivity index (χ0) is 25.8. The molecule has 0 saturated carbocycles. The van der Waals surface area contributed by atoms with Gasteiger partial charge in [-0.15, -0.1) is 0 Å². The summed E-state index contributed by atoms with van der Waals surface area (Å²) in [6, 6.07) is 12.0. The summed E-state index contributed by atoms with van der Waals surface area (Å²) in [7, 11) is 0. The Bertz CT molecular complexity index is 1150. The maximum Gasteiger partial charge on any atom is 0.408 e. The highest BCUT2D eigenvalue weighted by atomic mass is 16.6. The van der Waals surface area contributed by atoms with E-state index in [0.717, 1.165) is 0 Å². The molecule has 186 valence electrons. The maximum absolute atomic E-state index is 13.0. The number of fused-ring (bicyclic) bond motifs is 2. The van der Waals surface area contributed by atoms with Crippen molar-refractivity contribution >= 4 is 29.3 Å². The fraction of sp³-hybridized carbons (Fsp3) is 0.407.